The van der Waals surface area contributed by atoms with Crippen LogP contribution in [-0.2, 0) is 14.8 Å². The van der Waals surface area contributed by atoms with E-state index in [1.165, 1.54) is 18.6 Å². The van der Waals surface area contributed by atoms with Crippen LogP contribution in [0.2, 0.25) is 10.0 Å². The molecule has 1 fully saturated rings. The van der Waals surface area contributed by atoms with Crippen LogP contribution in [0, 0.1) is 0 Å². The Bertz CT molecular complexity index is 673. The quantitative estimate of drug-likeness (QED) is 0.854. The van der Waals surface area contributed by atoms with Crippen LogP contribution < -0.4 is 9.62 Å². The van der Waals surface area contributed by atoms with E-state index in [4.69, 9.17) is 23.2 Å². The van der Waals surface area contributed by atoms with Crippen molar-refractivity contribution >= 4 is 44.8 Å². The van der Waals surface area contributed by atoms with Crippen LogP contribution in [0.5, 0.6) is 0 Å². The van der Waals surface area contributed by atoms with Crippen LogP contribution in [0.15, 0.2) is 18.2 Å². The van der Waals surface area contributed by atoms with E-state index in [0.29, 0.717) is 5.02 Å². The van der Waals surface area contributed by atoms with Gasteiger partial charge in [0.15, 0.2) is 0 Å². The Labute approximate surface area is 147 Å². The van der Waals surface area contributed by atoms with Gasteiger partial charge in [0, 0.05) is 11.1 Å². The van der Waals surface area contributed by atoms with Crippen molar-refractivity contribution in [3.63, 3.8) is 0 Å². The molecule has 0 aliphatic heterocycles. The van der Waals surface area contributed by atoms with E-state index in [1.807, 2.05) is 0 Å². The van der Waals surface area contributed by atoms with E-state index in [-0.39, 0.29) is 29.2 Å². The fraction of sp³-hybridized carbons (Fsp3) is 0.533. The number of hydrogen-bond acceptors (Lipinski definition) is 3. The molecule has 0 unspecified atom stereocenters. The molecule has 1 amide bonds. The van der Waals surface area contributed by atoms with Crippen molar-refractivity contribution in [1.82, 2.24) is 5.32 Å². The first-order valence-electron chi connectivity index (χ1n) is 7.49. The van der Waals surface area contributed by atoms with Gasteiger partial charge in [-0.3, -0.25) is 9.10 Å². The highest BCUT2D eigenvalue weighted by atomic mass is 35.5. The molecule has 2 rings (SSSR count). The summed E-state index contributed by atoms with van der Waals surface area (Å²) in [7, 11) is -3.66. The Kier molecular flexibility index (Phi) is 6.17. The van der Waals surface area contributed by atoms with Gasteiger partial charge >= 0.3 is 0 Å². The predicted molar refractivity (Wildman–Crippen MR) is 93.7 cm³/mol. The van der Waals surface area contributed by atoms with E-state index in [1.54, 1.807) is 6.07 Å². The number of amides is 1. The third kappa shape index (κ3) is 5.26. The maximum Gasteiger partial charge on any atom is 0.240 e. The van der Waals surface area contributed by atoms with Gasteiger partial charge in [0.1, 0.15) is 6.54 Å². The predicted octanol–water partition coefficient (Wildman–Crippen LogP) is 3.21. The van der Waals surface area contributed by atoms with E-state index in [9.17, 15) is 13.2 Å². The number of carbonyl (C=O) groups excluding carboxylic acids is 1. The molecule has 1 aliphatic carbocycles. The van der Waals surface area contributed by atoms with Gasteiger partial charge in [0.25, 0.3) is 0 Å². The highest BCUT2D eigenvalue weighted by Gasteiger charge is 2.25. The molecule has 1 aromatic rings. The molecule has 0 radical (unpaired) electrons. The first-order chi connectivity index (χ1) is 10.8. The number of nitrogens with one attached hydrogen (secondary N) is 1. The van der Waals surface area contributed by atoms with Gasteiger partial charge in [-0.25, -0.2) is 8.42 Å². The van der Waals surface area contributed by atoms with Gasteiger partial charge in [-0.05, 0) is 31.0 Å². The van der Waals surface area contributed by atoms with Crippen molar-refractivity contribution in [3.8, 4) is 0 Å². The van der Waals surface area contributed by atoms with Crippen molar-refractivity contribution in [2.24, 2.45) is 0 Å². The third-order valence-corrected chi connectivity index (χ3v) is 5.52. The lowest BCUT2D eigenvalue weighted by atomic mass is 9.95. The van der Waals surface area contributed by atoms with Gasteiger partial charge in [-0.1, -0.05) is 42.5 Å². The van der Waals surface area contributed by atoms with Crippen LogP contribution >= 0.6 is 23.2 Å². The van der Waals surface area contributed by atoms with Crippen LogP contribution in [0.4, 0.5) is 5.69 Å². The lowest BCUT2D eigenvalue weighted by molar-refractivity contribution is -0.120. The molecule has 1 aliphatic rings. The Balaban J connectivity index is 2.16. The monoisotopic (exact) mass is 378 g/mol. The molecule has 8 heteroatoms. The maximum atomic E-state index is 12.2. The molecule has 0 aromatic heterocycles. The molecule has 0 heterocycles. The van der Waals surface area contributed by atoms with E-state index in [2.05, 4.69) is 5.32 Å². The molecule has 0 bridgehead atoms. The molecule has 0 saturated heterocycles. The zero-order valence-corrected chi connectivity index (χ0v) is 15.2. The van der Waals surface area contributed by atoms with Crippen molar-refractivity contribution < 1.29 is 13.2 Å². The molecule has 0 spiro atoms. The highest BCUT2D eigenvalue weighted by molar-refractivity contribution is 7.92. The topological polar surface area (TPSA) is 66.5 Å². The second-order valence-electron chi connectivity index (χ2n) is 5.77. The minimum atomic E-state index is -3.66. The highest BCUT2D eigenvalue weighted by Crippen LogP contribution is 2.30. The van der Waals surface area contributed by atoms with E-state index < -0.39 is 10.0 Å². The van der Waals surface area contributed by atoms with Crippen LogP contribution in [0.25, 0.3) is 0 Å². The summed E-state index contributed by atoms with van der Waals surface area (Å²) in [5, 5.41) is 3.48. The number of rotatable bonds is 5. The van der Waals surface area contributed by atoms with Gasteiger partial charge in [-0.15, -0.1) is 0 Å². The van der Waals surface area contributed by atoms with Crippen LogP contribution in [-0.4, -0.2) is 33.2 Å². The zero-order valence-electron chi connectivity index (χ0n) is 12.9. The molecular weight excluding hydrogens is 359 g/mol. The normalized spacial score (nSPS) is 16.1. The van der Waals surface area contributed by atoms with Crippen LogP contribution in [0.1, 0.15) is 32.1 Å². The van der Waals surface area contributed by atoms with Crippen molar-refractivity contribution in [1.29, 1.82) is 0 Å². The number of sulfonamides is 1. The van der Waals surface area contributed by atoms with Crippen molar-refractivity contribution in [2.75, 3.05) is 17.1 Å². The van der Waals surface area contributed by atoms with Gasteiger partial charge in [-0.2, -0.15) is 0 Å². The van der Waals surface area contributed by atoms with Gasteiger partial charge < -0.3 is 5.32 Å². The number of benzene rings is 1. The minimum Gasteiger partial charge on any atom is -0.352 e. The van der Waals surface area contributed by atoms with Crippen molar-refractivity contribution in [2.45, 2.75) is 38.1 Å². The lowest BCUT2D eigenvalue weighted by Gasteiger charge is -2.26. The second-order valence-corrected chi connectivity index (χ2v) is 8.52. The summed E-state index contributed by atoms with van der Waals surface area (Å²) < 4.78 is 25.1. The minimum absolute atomic E-state index is 0.118. The summed E-state index contributed by atoms with van der Waals surface area (Å²) in [5.41, 5.74) is 0.209. The van der Waals surface area contributed by atoms with Gasteiger partial charge in [0.05, 0.1) is 17.0 Å². The lowest BCUT2D eigenvalue weighted by Crippen LogP contribution is -2.44. The average molecular weight is 379 g/mol. The molecule has 1 aromatic carbocycles. The smallest absolute Gasteiger partial charge is 0.240 e. The largest absolute Gasteiger partial charge is 0.352 e. The number of hydrogen-bond donors (Lipinski definition) is 1. The van der Waals surface area contributed by atoms with Crippen LogP contribution in [0.3, 0.4) is 0 Å². The summed E-state index contributed by atoms with van der Waals surface area (Å²) in [6, 6.07) is 4.64. The standard InChI is InChI=1S/C15H20Cl2N2O3S/c1-23(21,22)19(14-9-11(16)7-8-13(14)17)10-15(20)18-12-5-3-2-4-6-12/h7-9,12H,2-6,10H2,1H3,(H,18,20). The SMILES string of the molecule is CS(=O)(=O)N(CC(=O)NC1CCCCC1)c1cc(Cl)ccc1Cl. The van der Waals surface area contributed by atoms with Gasteiger partial charge in [0.2, 0.25) is 15.9 Å². The van der Waals surface area contributed by atoms with E-state index >= 15 is 0 Å². The summed E-state index contributed by atoms with van der Waals surface area (Å²) >= 11 is 12.0. The molecule has 1 N–H and O–H groups in total. The Morgan fingerprint density at radius 1 is 1.26 bits per heavy atom. The Hall–Kier alpha value is -0.980. The first-order valence-corrected chi connectivity index (χ1v) is 10.1. The number of carbonyl (C=O) groups is 1. The fourth-order valence-electron chi connectivity index (χ4n) is 2.71. The summed E-state index contributed by atoms with van der Waals surface area (Å²) in [6.45, 7) is -0.310. The molecule has 0 atom stereocenters. The molecule has 5 nitrogen and oxygen atoms in total. The molecule has 1 saturated carbocycles. The Morgan fingerprint density at radius 3 is 2.52 bits per heavy atom. The molecular formula is C15H20Cl2N2O3S. The summed E-state index contributed by atoms with van der Waals surface area (Å²) in [6.07, 6.45) is 6.25. The summed E-state index contributed by atoms with van der Waals surface area (Å²) in [4.78, 5) is 12.2. The zero-order chi connectivity index (χ0) is 17.0. The molecule has 128 valence electrons. The number of anilines is 1. The van der Waals surface area contributed by atoms with E-state index in [0.717, 1.165) is 36.2 Å². The number of halogens is 2. The molecule has 23 heavy (non-hydrogen) atoms. The first kappa shape index (κ1) is 18.4. The number of nitrogens with zero attached hydrogens (tertiary/aromatic N) is 1. The fourth-order valence-corrected chi connectivity index (χ4v) is 4.00. The summed E-state index contributed by atoms with van der Waals surface area (Å²) in [5.74, 6) is -0.335. The van der Waals surface area contributed by atoms with Crippen molar-refractivity contribution in [3.05, 3.63) is 28.2 Å². The maximum absolute atomic E-state index is 12.2. The average Bonchev–Trinajstić information content (AvgIpc) is 2.47. The Morgan fingerprint density at radius 2 is 1.91 bits per heavy atom. The second kappa shape index (κ2) is 7.73. The third-order valence-electron chi connectivity index (χ3n) is 3.83.